The maximum atomic E-state index is 9.87. The minimum Gasteiger partial charge on any atom is -0.0622 e. The van der Waals surface area contributed by atoms with Gasteiger partial charge in [0.25, 0.3) is 5.82 Å². The summed E-state index contributed by atoms with van der Waals surface area (Å²) in [6, 6.07) is 73.5. The van der Waals surface area contributed by atoms with Crippen LogP contribution < -0.4 is 36.4 Å². The average Bonchev–Trinajstić information content (AvgIpc) is 2.08. The summed E-state index contributed by atoms with van der Waals surface area (Å²) in [7, 11) is -22.2. The van der Waals surface area contributed by atoms with E-state index in [9.17, 15) is 50.4 Å². The summed E-state index contributed by atoms with van der Waals surface area (Å²) >= 11 is 30.0. The number of alkyl halides is 4. The van der Waals surface area contributed by atoms with Gasteiger partial charge in [-0.05, 0) is 116 Å². The Hall–Kier alpha value is -4.02. The Kier molecular flexibility index (Phi) is 29.4. The molecule has 0 amide bonds. The van der Waals surface area contributed by atoms with E-state index >= 15 is 0 Å². The molecule has 0 fully saturated rings. The molecule has 0 spiro atoms. The van der Waals surface area contributed by atoms with Gasteiger partial charge in [0.15, 0.2) is 0 Å². The number of nitrogens with zero attached hydrogens (tertiary/aromatic N) is 2. The van der Waals surface area contributed by atoms with Gasteiger partial charge in [-0.15, -0.1) is 46.4 Å². The summed E-state index contributed by atoms with van der Waals surface area (Å²) in [6.07, 6.45) is 4.13. The van der Waals surface area contributed by atoms with Gasteiger partial charge in [-0.3, -0.25) is 0 Å². The molecule has 1 aromatic heterocycles. The molecule has 0 aliphatic rings. The van der Waals surface area contributed by atoms with Crippen LogP contribution in [-0.4, -0.2) is 19.4 Å². The average molecular weight is 1470 g/mol. The summed E-state index contributed by atoms with van der Waals surface area (Å²) in [6.45, 7) is 12.8. The van der Waals surface area contributed by atoms with Gasteiger partial charge in [-0.1, -0.05) is 217 Å². The summed E-state index contributed by atoms with van der Waals surface area (Å²) in [4.78, 5) is 0. The van der Waals surface area contributed by atoms with Crippen LogP contribution in [0.3, 0.4) is 0 Å². The monoisotopic (exact) mass is 1470 g/mol. The molecule has 0 aliphatic carbocycles. The predicted molar refractivity (Wildman–Crippen MR) is 345 cm³/mol. The van der Waals surface area contributed by atoms with Crippen molar-refractivity contribution in [3.05, 3.63) is 258 Å². The zero-order valence-corrected chi connectivity index (χ0v) is 55.9. The maximum absolute atomic E-state index is 10.7. The molecule has 9 aromatic rings. The molecule has 0 N–H and O–H groups in total. The number of benzene rings is 8. The molecule has 0 radical (unpaired) electrons. The van der Waals surface area contributed by atoms with E-state index in [1.807, 2.05) is 0 Å². The Morgan fingerprint density at radius 3 is 0.824 bits per heavy atom. The Morgan fingerprint density at radius 1 is 0.424 bits per heavy atom. The minimum atomic E-state index is -10.7. The van der Waals surface area contributed by atoms with E-state index in [0.29, 0.717) is 4.20 Å². The summed E-state index contributed by atoms with van der Waals surface area (Å²) in [5.41, 5.74) is 9.70. The number of hydrogen-bond acceptors (Lipinski definition) is 2. The van der Waals surface area contributed by atoms with Gasteiger partial charge in [-0.25, -0.2) is 0 Å². The van der Waals surface area contributed by atoms with Crippen LogP contribution in [-0.2, 0) is 33.1 Å². The summed E-state index contributed by atoms with van der Waals surface area (Å²) in [5, 5.41) is 8.78. The molecule has 462 valence electrons. The second-order valence-electron chi connectivity index (χ2n) is 17.9. The van der Waals surface area contributed by atoms with Crippen molar-refractivity contribution < 1.29 is 75.4 Å². The molecular weight excluding hydrogens is 1410 g/mol. The number of aryl methyl sites for hydroxylation is 6. The van der Waals surface area contributed by atoms with Crippen LogP contribution in [0.15, 0.2) is 219 Å². The van der Waals surface area contributed by atoms with Crippen molar-refractivity contribution in [3.8, 4) is 11.4 Å². The van der Waals surface area contributed by atoms with E-state index in [4.69, 9.17) is 71.3 Å². The molecule has 0 aliphatic heterocycles. The predicted octanol–water partition coefficient (Wildman–Crippen LogP) is 21.3. The molecule has 0 atom stereocenters. The molecular formula is C60H58Cl4F12N2P4PdS2. The molecule has 8 aromatic carbocycles. The number of thiocarbonyl (C=S) groups is 1. The topological polar surface area (TPSA) is 8.81 Å². The second-order valence-corrected chi connectivity index (χ2v) is 28.9. The van der Waals surface area contributed by atoms with Crippen molar-refractivity contribution in [1.82, 2.24) is 4.57 Å². The van der Waals surface area contributed by atoms with E-state index in [1.54, 1.807) is 0 Å². The zero-order valence-electron chi connectivity index (χ0n) is 46.1. The van der Waals surface area contributed by atoms with Crippen LogP contribution in [0.2, 0.25) is 0 Å². The quantitative estimate of drug-likeness (QED) is 0.0271. The van der Waals surface area contributed by atoms with Crippen LogP contribution in [0.4, 0.5) is 50.4 Å². The fraction of sp³-hybridized carbons (Fsp3) is 0.133. The first kappa shape index (κ1) is 77.1. The molecule has 0 bridgehead atoms. The summed E-state index contributed by atoms with van der Waals surface area (Å²) < 4.78 is 123. The van der Waals surface area contributed by atoms with Crippen molar-refractivity contribution in [2.45, 2.75) is 41.5 Å². The van der Waals surface area contributed by atoms with Crippen molar-refractivity contribution in [2.24, 2.45) is 0 Å². The minimum absolute atomic E-state index is 0. The van der Waals surface area contributed by atoms with E-state index in [0.717, 1.165) is 17.2 Å². The molecule has 0 unspecified atom stereocenters. The second kappa shape index (κ2) is 32.5. The first-order valence-corrected chi connectivity index (χ1v) is 34.3. The van der Waals surface area contributed by atoms with Crippen molar-refractivity contribution in [2.75, 3.05) is 10.7 Å². The van der Waals surface area contributed by atoms with Crippen molar-refractivity contribution in [3.63, 3.8) is 0 Å². The number of halogens is 16. The summed E-state index contributed by atoms with van der Waals surface area (Å²) in [5.74, 6) is 0.861. The Balaban J connectivity index is 0.000000377. The molecule has 25 heteroatoms. The van der Waals surface area contributed by atoms with Gasteiger partial charge in [0.2, 0.25) is 0 Å². The first-order valence-electron chi connectivity index (χ1n) is 24.6. The third-order valence-corrected chi connectivity index (χ3v) is 16.1. The van der Waals surface area contributed by atoms with Crippen LogP contribution in [0.25, 0.3) is 11.4 Å². The van der Waals surface area contributed by atoms with Crippen LogP contribution >= 0.6 is 90.1 Å². The smallest absolute Gasteiger partial charge is 0.0622 e. The standard InChI is InChI=1S/C22H24N2S2.2C18H15P.2CH2Cl2.2F6P.Pd/c1-13-9-15(3)19(16(4)10-13)23-7-8-24(21(23)22(25)26)20-17(5)11-14(2)12-18(20)6;2*1-4-10-16(11-5-1)19(17-12-6-2-7-13-17)18-14-8-3-9-15-18;2*2-1-3;2*1-7(2,3,4,5)6;/h7-12H,1-6H3;2*1-15H;2*1H2;;;/q;;;;;2*-1;+2. The van der Waals surface area contributed by atoms with Gasteiger partial charge in [0.1, 0.15) is 23.8 Å². The van der Waals surface area contributed by atoms with Gasteiger partial charge < -0.3 is 24.8 Å². The van der Waals surface area contributed by atoms with Gasteiger partial charge >= 0.3 is 86.4 Å². The van der Waals surface area contributed by atoms with Crippen LogP contribution in [0, 0.1) is 41.5 Å². The largest absolute Gasteiger partial charge is 2.00 e. The first-order chi connectivity index (χ1) is 38.8. The normalized spacial score (nSPS) is 12.3. The number of hydrogen-bond donors (Lipinski definition) is 0. The molecule has 0 saturated heterocycles. The molecule has 9 rings (SSSR count). The van der Waals surface area contributed by atoms with E-state index in [1.165, 1.54) is 65.2 Å². The number of rotatable bonds is 9. The maximum Gasteiger partial charge on any atom is 2.00 e. The Labute approximate surface area is 536 Å². The van der Waals surface area contributed by atoms with Crippen molar-refractivity contribution in [1.29, 1.82) is 0 Å². The van der Waals surface area contributed by atoms with Crippen molar-refractivity contribution >= 4 is 139 Å². The van der Waals surface area contributed by atoms with E-state index in [-0.39, 0.29) is 31.1 Å². The van der Waals surface area contributed by atoms with Crippen LogP contribution in [0.1, 0.15) is 39.2 Å². The third-order valence-electron chi connectivity index (χ3n) is 10.8. The SMILES string of the molecule is Cc1cc(C)c(-n2cc[n+](-c3c(C)cc(C)cc3C)c2C(=S)[S-])c(C)c1.ClCCl.ClCCl.F[P-](F)(F)(F)(F)F.F[P-](F)(F)(F)(F)F.[Pd+2].c1ccc(P(c2ccccc2)c2ccccc2)cc1.c1ccc(P(c2ccccc2)c2ccccc2)cc1. The van der Waals surface area contributed by atoms with Gasteiger partial charge in [0, 0.05) is 0 Å². The Bertz CT molecular complexity index is 3010. The fourth-order valence-electron chi connectivity index (χ4n) is 8.41. The van der Waals surface area contributed by atoms with E-state index in [2.05, 4.69) is 269 Å². The number of imidazole rings is 1. The number of aromatic nitrogens is 2. The van der Waals surface area contributed by atoms with E-state index < -0.39 is 31.5 Å². The fourth-order valence-corrected chi connectivity index (χ4v) is 13.4. The van der Waals surface area contributed by atoms with Gasteiger partial charge in [-0.2, -0.15) is 9.13 Å². The zero-order chi connectivity index (χ0) is 63.2. The Morgan fingerprint density at radius 2 is 0.624 bits per heavy atom. The molecule has 85 heavy (non-hydrogen) atoms. The van der Waals surface area contributed by atoms with Gasteiger partial charge in [0.05, 0.1) is 10.7 Å². The molecule has 2 nitrogen and oxygen atoms in total. The third kappa shape index (κ3) is 31.1. The van der Waals surface area contributed by atoms with Crippen LogP contribution in [0.5, 0.6) is 0 Å². The molecule has 0 saturated carbocycles. The molecule has 1 heterocycles.